The minimum absolute atomic E-state index is 0.115. The molecule has 0 radical (unpaired) electrons. The molecule has 0 aromatic heterocycles. The molecule has 1 aliphatic heterocycles. The summed E-state index contributed by atoms with van der Waals surface area (Å²) in [4.78, 5) is 24.2. The van der Waals surface area contributed by atoms with Crippen LogP contribution in [0.25, 0.3) is 0 Å². The van der Waals surface area contributed by atoms with E-state index in [0.29, 0.717) is 17.4 Å². The van der Waals surface area contributed by atoms with Crippen LogP contribution >= 0.6 is 0 Å². The van der Waals surface area contributed by atoms with Crippen LogP contribution in [0.1, 0.15) is 33.1 Å². The largest absolute Gasteiger partial charge is 0.339 e. The van der Waals surface area contributed by atoms with E-state index in [1.54, 1.807) is 0 Å². The first-order valence-electron chi connectivity index (χ1n) is 9.14. The number of nitrogens with one attached hydrogen (secondary N) is 2. The Morgan fingerprint density at radius 3 is 2.03 bits per heavy atom. The molecule has 1 aliphatic rings. The van der Waals surface area contributed by atoms with Crippen molar-refractivity contribution in [3.63, 3.8) is 0 Å². The maximum absolute atomic E-state index is 12.6. The van der Waals surface area contributed by atoms with Crippen molar-refractivity contribution in [3.8, 4) is 0 Å². The van der Waals surface area contributed by atoms with Crippen molar-refractivity contribution >= 4 is 37.8 Å². The SMILES string of the molecule is CC(C)N(C(=O)NC(=O)Nc1ccc(S(=O)(=O)N2CCCCC2)cc1)S(C)(=O)=O. The molecule has 0 atom stereocenters. The monoisotopic (exact) mass is 446 g/mol. The molecule has 29 heavy (non-hydrogen) atoms. The van der Waals surface area contributed by atoms with Crippen molar-refractivity contribution in [2.75, 3.05) is 24.7 Å². The maximum Gasteiger partial charge on any atom is 0.339 e. The van der Waals surface area contributed by atoms with E-state index in [9.17, 15) is 26.4 Å². The number of imide groups is 1. The predicted molar refractivity (Wildman–Crippen MR) is 108 cm³/mol. The number of benzene rings is 1. The summed E-state index contributed by atoms with van der Waals surface area (Å²) in [5.41, 5.74) is 0.253. The van der Waals surface area contributed by atoms with Gasteiger partial charge in [0.15, 0.2) is 0 Å². The van der Waals surface area contributed by atoms with Crippen molar-refractivity contribution in [3.05, 3.63) is 24.3 Å². The average molecular weight is 447 g/mol. The van der Waals surface area contributed by atoms with Crippen LogP contribution in [0.4, 0.5) is 15.3 Å². The minimum atomic E-state index is -3.84. The van der Waals surface area contributed by atoms with Crippen molar-refractivity contribution in [2.24, 2.45) is 0 Å². The Labute approximate surface area is 171 Å². The van der Waals surface area contributed by atoms with Crippen LogP contribution in [0, 0.1) is 0 Å². The van der Waals surface area contributed by atoms with Gasteiger partial charge in [-0.15, -0.1) is 0 Å². The Morgan fingerprint density at radius 1 is 1.00 bits per heavy atom. The topological polar surface area (TPSA) is 133 Å². The van der Waals surface area contributed by atoms with Crippen LogP contribution < -0.4 is 10.6 Å². The van der Waals surface area contributed by atoms with Gasteiger partial charge in [-0.3, -0.25) is 5.32 Å². The molecular weight excluding hydrogens is 420 g/mol. The molecule has 0 spiro atoms. The van der Waals surface area contributed by atoms with Gasteiger partial charge in [0, 0.05) is 24.8 Å². The number of piperidine rings is 1. The Bertz CT molecular complexity index is 952. The van der Waals surface area contributed by atoms with Gasteiger partial charge in [-0.25, -0.2) is 30.7 Å². The van der Waals surface area contributed by atoms with Crippen LogP contribution in [0.5, 0.6) is 0 Å². The highest BCUT2D eigenvalue weighted by atomic mass is 32.2. The van der Waals surface area contributed by atoms with E-state index in [4.69, 9.17) is 0 Å². The number of hydrogen-bond acceptors (Lipinski definition) is 6. The lowest BCUT2D eigenvalue weighted by molar-refractivity contribution is 0.213. The lowest BCUT2D eigenvalue weighted by Crippen LogP contribution is -2.49. The molecule has 1 aromatic rings. The zero-order valence-corrected chi connectivity index (χ0v) is 18.2. The van der Waals surface area contributed by atoms with E-state index in [2.05, 4.69) is 5.32 Å². The zero-order valence-electron chi connectivity index (χ0n) is 16.6. The van der Waals surface area contributed by atoms with Crippen LogP contribution in [-0.4, -0.2) is 62.9 Å². The number of nitrogens with zero attached hydrogens (tertiary/aromatic N) is 2. The first-order chi connectivity index (χ1) is 13.4. The van der Waals surface area contributed by atoms with E-state index in [1.165, 1.54) is 42.4 Å². The number of anilines is 1. The molecule has 0 bridgehead atoms. The third-order valence-electron chi connectivity index (χ3n) is 4.31. The van der Waals surface area contributed by atoms with Crippen molar-refractivity contribution < 1.29 is 26.4 Å². The van der Waals surface area contributed by atoms with Gasteiger partial charge in [0.1, 0.15) is 0 Å². The van der Waals surface area contributed by atoms with Crippen LogP contribution in [-0.2, 0) is 20.0 Å². The molecule has 2 N–H and O–H groups in total. The Morgan fingerprint density at radius 2 is 1.55 bits per heavy atom. The molecule has 0 aliphatic carbocycles. The highest BCUT2D eigenvalue weighted by Gasteiger charge is 2.28. The van der Waals surface area contributed by atoms with E-state index in [0.717, 1.165) is 25.5 Å². The first-order valence-corrected chi connectivity index (χ1v) is 12.4. The first kappa shape index (κ1) is 23.1. The normalized spacial score (nSPS) is 15.7. The molecule has 10 nitrogen and oxygen atoms in total. The number of hydrogen-bond donors (Lipinski definition) is 2. The number of sulfonamides is 2. The van der Waals surface area contributed by atoms with Gasteiger partial charge in [0.2, 0.25) is 20.0 Å². The molecule has 1 saturated heterocycles. The average Bonchev–Trinajstić information content (AvgIpc) is 2.61. The molecule has 0 saturated carbocycles. The smallest absolute Gasteiger partial charge is 0.308 e. The number of rotatable bonds is 5. The van der Waals surface area contributed by atoms with Crippen molar-refractivity contribution in [1.82, 2.24) is 13.9 Å². The number of carbonyl (C=O) groups is 2. The molecule has 1 heterocycles. The molecule has 162 valence electrons. The predicted octanol–water partition coefficient (Wildman–Crippen LogP) is 1.77. The maximum atomic E-state index is 12.6. The third-order valence-corrected chi connectivity index (χ3v) is 7.53. The highest BCUT2D eigenvalue weighted by Crippen LogP contribution is 2.22. The van der Waals surface area contributed by atoms with Gasteiger partial charge in [-0.05, 0) is 51.0 Å². The summed E-state index contributed by atoms with van der Waals surface area (Å²) in [6, 6.07) is 2.86. The summed E-state index contributed by atoms with van der Waals surface area (Å²) < 4.78 is 50.6. The molecule has 1 aromatic carbocycles. The van der Waals surface area contributed by atoms with Gasteiger partial charge in [0.25, 0.3) is 0 Å². The van der Waals surface area contributed by atoms with Crippen LogP contribution in [0.3, 0.4) is 0 Å². The fourth-order valence-corrected chi connectivity index (χ4v) is 5.68. The van der Waals surface area contributed by atoms with Gasteiger partial charge in [-0.1, -0.05) is 6.42 Å². The lowest BCUT2D eigenvalue weighted by Gasteiger charge is -2.26. The number of carbonyl (C=O) groups excluding carboxylic acids is 2. The second-order valence-electron chi connectivity index (χ2n) is 7.03. The molecule has 0 unspecified atom stereocenters. The Balaban J connectivity index is 2.04. The fraction of sp³-hybridized carbons (Fsp3) is 0.529. The molecule has 4 amide bonds. The van der Waals surface area contributed by atoms with Gasteiger partial charge < -0.3 is 5.32 Å². The van der Waals surface area contributed by atoms with E-state index in [1.807, 2.05) is 5.32 Å². The molecular formula is C17H26N4O6S2. The van der Waals surface area contributed by atoms with Crippen LogP contribution in [0.15, 0.2) is 29.2 Å². The second kappa shape index (κ2) is 9.09. The standard InChI is InChI=1S/C17H26N4O6S2/c1-13(2)21(28(3,24)25)17(23)19-16(22)18-14-7-9-15(10-8-14)29(26,27)20-11-5-4-6-12-20/h7-10,13H,4-6,11-12H2,1-3H3,(H2,18,19,22,23). The molecule has 12 heteroatoms. The summed E-state index contributed by atoms with van der Waals surface area (Å²) in [5, 5.41) is 4.32. The molecule has 1 fully saturated rings. The zero-order chi connectivity index (χ0) is 21.8. The summed E-state index contributed by atoms with van der Waals surface area (Å²) in [5.74, 6) is 0. The van der Waals surface area contributed by atoms with E-state index in [-0.39, 0.29) is 10.6 Å². The van der Waals surface area contributed by atoms with Gasteiger partial charge in [-0.2, -0.15) is 4.31 Å². The summed E-state index contributed by atoms with van der Waals surface area (Å²) in [6.07, 6.45) is 3.53. The third kappa shape index (κ3) is 5.90. The molecule has 2 rings (SSSR count). The minimum Gasteiger partial charge on any atom is -0.308 e. The Hall–Kier alpha value is -2.18. The quantitative estimate of drug-likeness (QED) is 0.708. The van der Waals surface area contributed by atoms with Gasteiger partial charge >= 0.3 is 12.1 Å². The highest BCUT2D eigenvalue weighted by molar-refractivity contribution is 7.89. The summed E-state index contributed by atoms with van der Waals surface area (Å²) in [7, 11) is -7.43. The van der Waals surface area contributed by atoms with Crippen LogP contribution in [0.2, 0.25) is 0 Å². The van der Waals surface area contributed by atoms with E-state index < -0.39 is 38.2 Å². The fourth-order valence-electron chi connectivity index (χ4n) is 3.05. The lowest BCUT2D eigenvalue weighted by atomic mass is 10.2. The Kier molecular flexibility index (Phi) is 7.25. The van der Waals surface area contributed by atoms with Crippen molar-refractivity contribution in [2.45, 2.75) is 44.0 Å². The summed E-state index contributed by atoms with van der Waals surface area (Å²) >= 11 is 0. The number of amides is 4. The number of urea groups is 2. The van der Waals surface area contributed by atoms with E-state index >= 15 is 0 Å². The second-order valence-corrected chi connectivity index (χ2v) is 10.8. The summed E-state index contributed by atoms with van der Waals surface area (Å²) in [6.45, 7) is 3.97. The van der Waals surface area contributed by atoms with Gasteiger partial charge in [0.05, 0.1) is 11.2 Å². The van der Waals surface area contributed by atoms with Crippen molar-refractivity contribution in [1.29, 1.82) is 0 Å².